The van der Waals surface area contributed by atoms with Gasteiger partial charge in [-0.1, -0.05) is 62.0 Å². The number of aromatic nitrogens is 2. The van der Waals surface area contributed by atoms with Gasteiger partial charge in [0.2, 0.25) is 9.84 Å². The Morgan fingerprint density at radius 1 is 0.931 bits per heavy atom. The highest BCUT2D eigenvalue weighted by Gasteiger charge is 2.29. The first-order valence-electron chi connectivity index (χ1n) is 9.41. The van der Waals surface area contributed by atoms with E-state index in [9.17, 15) is 8.42 Å². The molecule has 2 aromatic carbocycles. The molecule has 2 aromatic heterocycles. The largest absolute Gasteiger partial charge is 0.337 e. The van der Waals surface area contributed by atoms with Crippen LogP contribution in [0, 0.1) is 0 Å². The zero-order chi connectivity index (χ0) is 20.6. The van der Waals surface area contributed by atoms with Gasteiger partial charge in [0.05, 0.1) is 5.03 Å². The van der Waals surface area contributed by atoms with E-state index in [-0.39, 0.29) is 5.03 Å². The van der Waals surface area contributed by atoms with E-state index in [2.05, 4.69) is 43.1 Å². The fourth-order valence-electron chi connectivity index (χ4n) is 3.35. The highest BCUT2D eigenvalue weighted by Crippen LogP contribution is 2.41. The van der Waals surface area contributed by atoms with E-state index in [1.54, 1.807) is 18.2 Å². The van der Waals surface area contributed by atoms with Gasteiger partial charge in [-0.05, 0) is 41.8 Å². The third-order valence-electron chi connectivity index (χ3n) is 4.95. The van der Waals surface area contributed by atoms with Crippen LogP contribution in [0.25, 0.3) is 10.9 Å². The zero-order valence-corrected chi connectivity index (χ0v) is 18.2. The summed E-state index contributed by atoms with van der Waals surface area (Å²) in [5, 5.41) is 1.46. The molecule has 0 saturated carbocycles. The molecule has 6 heteroatoms. The van der Waals surface area contributed by atoms with Crippen LogP contribution in [0.5, 0.6) is 0 Å². The van der Waals surface area contributed by atoms with E-state index < -0.39 is 9.84 Å². The molecule has 0 aliphatic heterocycles. The standard InChI is InChI=1S/C23H22N2O2S2/c1-16(2)17-11-13-18(14-12-17)28-23-22(19-8-4-5-9-20(19)25(23)3)29(26,27)21-10-6-7-15-24-21/h4-16H,1-3H3. The third kappa shape index (κ3) is 3.58. The van der Waals surface area contributed by atoms with Crippen molar-refractivity contribution < 1.29 is 8.42 Å². The van der Waals surface area contributed by atoms with Crippen molar-refractivity contribution in [3.63, 3.8) is 0 Å². The van der Waals surface area contributed by atoms with Crippen molar-refractivity contribution in [3.8, 4) is 0 Å². The van der Waals surface area contributed by atoms with Crippen LogP contribution >= 0.6 is 11.8 Å². The monoisotopic (exact) mass is 422 g/mol. The van der Waals surface area contributed by atoms with E-state index in [1.807, 2.05) is 35.9 Å². The summed E-state index contributed by atoms with van der Waals surface area (Å²) in [7, 11) is -1.86. The van der Waals surface area contributed by atoms with Gasteiger partial charge < -0.3 is 4.57 Å². The van der Waals surface area contributed by atoms with Gasteiger partial charge in [0, 0.05) is 29.0 Å². The van der Waals surface area contributed by atoms with Crippen LogP contribution in [0.4, 0.5) is 0 Å². The smallest absolute Gasteiger partial charge is 0.227 e. The zero-order valence-electron chi connectivity index (χ0n) is 16.5. The molecule has 0 unspecified atom stereocenters. The lowest BCUT2D eigenvalue weighted by Gasteiger charge is -2.10. The lowest BCUT2D eigenvalue weighted by molar-refractivity contribution is 0.589. The SMILES string of the molecule is CC(C)c1ccc(Sc2c(S(=O)(=O)c3ccccn3)c3ccccc3n2C)cc1. The number of benzene rings is 2. The Balaban J connectivity index is 1.90. The van der Waals surface area contributed by atoms with Gasteiger partial charge in [-0.3, -0.25) is 0 Å². The molecule has 0 fully saturated rings. The molecular weight excluding hydrogens is 400 g/mol. The van der Waals surface area contributed by atoms with Gasteiger partial charge in [-0.2, -0.15) is 0 Å². The van der Waals surface area contributed by atoms with Gasteiger partial charge in [0.15, 0.2) is 5.03 Å². The molecule has 0 aliphatic carbocycles. The summed E-state index contributed by atoms with van der Waals surface area (Å²) in [5.74, 6) is 0.451. The summed E-state index contributed by atoms with van der Waals surface area (Å²) in [4.78, 5) is 5.43. The van der Waals surface area contributed by atoms with Crippen LogP contribution in [-0.4, -0.2) is 18.0 Å². The summed E-state index contributed by atoms with van der Waals surface area (Å²) in [6.07, 6.45) is 1.51. The number of pyridine rings is 1. The van der Waals surface area contributed by atoms with E-state index in [1.165, 1.54) is 23.5 Å². The minimum atomic E-state index is -3.77. The van der Waals surface area contributed by atoms with Crippen LogP contribution in [0.15, 0.2) is 92.8 Å². The van der Waals surface area contributed by atoms with E-state index in [0.717, 1.165) is 10.4 Å². The number of rotatable bonds is 5. The highest BCUT2D eigenvalue weighted by molar-refractivity contribution is 8.00. The van der Waals surface area contributed by atoms with E-state index in [0.29, 0.717) is 21.2 Å². The minimum Gasteiger partial charge on any atom is -0.337 e. The fourth-order valence-corrected chi connectivity index (χ4v) is 6.24. The molecular formula is C23H22N2O2S2. The Morgan fingerprint density at radius 3 is 2.28 bits per heavy atom. The molecule has 4 aromatic rings. The summed E-state index contributed by atoms with van der Waals surface area (Å²) >= 11 is 1.46. The first-order chi connectivity index (χ1) is 13.9. The normalized spacial score (nSPS) is 12.0. The van der Waals surface area contributed by atoms with Crippen molar-refractivity contribution >= 4 is 32.5 Å². The Kier molecular flexibility index (Phi) is 5.23. The van der Waals surface area contributed by atoms with Gasteiger partial charge in [0.25, 0.3) is 0 Å². The first kappa shape index (κ1) is 19.7. The maximum atomic E-state index is 13.5. The average Bonchev–Trinajstić information content (AvgIpc) is 3.01. The predicted octanol–water partition coefficient (Wildman–Crippen LogP) is 5.68. The van der Waals surface area contributed by atoms with Crippen molar-refractivity contribution in [1.82, 2.24) is 9.55 Å². The quantitative estimate of drug-likeness (QED) is 0.415. The number of aryl methyl sites for hydroxylation is 1. The van der Waals surface area contributed by atoms with Gasteiger partial charge >= 0.3 is 0 Å². The van der Waals surface area contributed by atoms with Crippen molar-refractivity contribution in [2.24, 2.45) is 7.05 Å². The van der Waals surface area contributed by atoms with Gasteiger partial charge in [-0.25, -0.2) is 13.4 Å². The average molecular weight is 423 g/mol. The molecule has 4 nitrogen and oxygen atoms in total. The molecule has 0 atom stereocenters. The van der Waals surface area contributed by atoms with Crippen molar-refractivity contribution in [2.75, 3.05) is 0 Å². The van der Waals surface area contributed by atoms with Crippen LogP contribution in [0.3, 0.4) is 0 Å². The van der Waals surface area contributed by atoms with Crippen LogP contribution < -0.4 is 0 Å². The van der Waals surface area contributed by atoms with E-state index in [4.69, 9.17) is 0 Å². The molecule has 0 amide bonds. The maximum absolute atomic E-state index is 13.5. The molecule has 148 valence electrons. The number of sulfone groups is 1. The number of fused-ring (bicyclic) bond motifs is 1. The van der Waals surface area contributed by atoms with Crippen molar-refractivity contribution in [3.05, 3.63) is 78.5 Å². The Hall–Kier alpha value is -2.57. The lowest BCUT2D eigenvalue weighted by atomic mass is 10.0. The summed E-state index contributed by atoms with van der Waals surface area (Å²) in [6, 6.07) is 20.8. The molecule has 0 radical (unpaired) electrons. The van der Waals surface area contributed by atoms with Gasteiger partial charge in [0.1, 0.15) is 4.90 Å². The first-order valence-corrected chi connectivity index (χ1v) is 11.7. The molecule has 0 N–H and O–H groups in total. The molecule has 0 bridgehead atoms. The summed E-state index contributed by atoms with van der Waals surface area (Å²) in [5.41, 5.74) is 2.14. The van der Waals surface area contributed by atoms with Crippen molar-refractivity contribution in [2.45, 2.75) is 39.6 Å². The molecule has 0 spiro atoms. The lowest BCUT2D eigenvalue weighted by Crippen LogP contribution is -2.05. The molecule has 0 saturated heterocycles. The van der Waals surface area contributed by atoms with Crippen LogP contribution in [0.2, 0.25) is 0 Å². The second-order valence-corrected chi connectivity index (χ2v) is 10.1. The maximum Gasteiger partial charge on any atom is 0.227 e. The van der Waals surface area contributed by atoms with Gasteiger partial charge in [-0.15, -0.1) is 0 Å². The third-order valence-corrected chi connectivity index (χ3v) is 8.00. The topological polar surface area (TPSA) is 52.0 Å². The number of hydrogen-bond acceptors (Lipinski definition) is 4. The Bertz CT molecular complexity index is 1260. The Labute approximate surface area is 175 Å². The minimum absolute atomic E-state index is 0.0633. The molecule has 2 heterocycles. The number of hydrogen-bond donors (Lipinski definition) is 0. The van der Waals surface area contributed by atoms with E-state index >= 15 is 0 Å². The summed E-state index contributed by atoms with van der Waals surface area (Å²) < 4.78 is 29.0. The summed E-state index contributed by atoms with van der Waals surface area (Å²) in [6.45, 7) is 4.31. The second-order valence-electron chi connectivity index (χ2n) is 7.21. The highest BCUT2D eigenvalue weighted by atomic mass is 32.2. The molecule has 0 aliphatic rings. The van der Waals surface area contributed by atoms with Crippen LogP contribution in [-0.2, 0) is 16.9 Å². The molecule has 29 heavy (non-hydrogen) atoms. The predicted molar refractivity (Wildman–Crippen MR) is 117 cm³/mol. The second kappa shape index (κ2) is 7.69. The van der Waals surface area contributed by atoms with Crippen LogP contribution in [0.1, 0.15) is 25.3 Å². The number of para-hydroxylation sites is 1. The fraction of sp³-hybridized carbons (Fsp3) is 0.174. The number of nitrogens with zero attached hydrogens (tertiary/aromatic N) is 2. The molecule has 4 rings (SSSR count). The Morgan fingerprint density at radius 2 is 1.62 bits per heavy atom. The van der Waals surface area contributed by atoms with Crippen molar-refractivity contribution in [1.29, 1.82) is 0 Å².